The minimum absolute atomic E-state index is 0.0165. The predicted octanol–water partition coefficient (Wildman–Crippen LogP) is 1.64. The van der Waals surface area contributed by atoms with E-state index in [4.69, 9.17) is 4.74 Å². The third kappa shape index (κ3) is 3.21. The van der Waals surface area contributed by atoms with Gasteiger partial charge in [0, 0.05) is 18.5 Å². The molecule has 5 nitrogen and oxygen atoms in total. The normalized spacial score (nSPS) is 19.9. The number of carbonyl (C=O) groups is 1. The van der Waals surface area contributed by atoms with Crippen LogP contribution in [0.1, 0.15) is 13.3 Å². The summed E-state index contributed by atoms with van der Waals surface area (Å²) < 4.78 is 6.21. The summed E-state index contributed by atoms with van der Waals surface area (Å²) in [5, 5.41) is 5.70. The second-order valence-corrected chi connectivity index (χ2v) is 5.68. The Labute approximate surface area is 119 Å². The van der Waals surface area contributed by atoms with Gasteiger partial charge in [-0.05, 0) is 22.4 Å². The van der Waals surface area contributed by atoms with E-state index in [2.05, 4.69) is 26.2 Å². The van der Waals surface area contributed by atoms with Gasteiger partial charge in [-0.1, -0.05) is 6.92 Å². The molecule has 1 amide bonds. The number of morpholine rings is 1. The molecule has 0 radical (unpaired) electrons. The van der Waals surface area contributed by atoms with Crippen molar-refractivity contribution in [1.29, 1.82) is 0 Å². The molecule has 1 aromatic rings. The van der Waals surface area contributed by atoms with Gasteiger partial charge < -0.3 is 15.0 Å². The van der Waals surface area contributed by atoms with Crippen LogP contribution < -0.4 is 10.2 Å². The van der Waals surface area contributed by atoms with E-state index in [1.165, 1.54) is 11.3 Å². The first-order chi connectivity index (χ1) is 8.72. The lowest BCUT2D eigenvalue weighted by molar-refractivity contribution is -0.124. The number of halogens is 1. The molecule has 1 N–H and O–H groups in total. The molecule has 100 valence electrons. The molecule has 18 heavy (non-hydrogen) atoms. The molecule has 1 aliphatic rings. The van der Waals surface area contributed by atoms with Crippen LogP contribution in [0.15, 0.2) is 9.98 Å². The van der Waals surface area contributed by atoms with Crippen LogP contribution >= 0.6 is 27.3 Å². The number of aromatic nitrogens is 1. The Bertz CT molecular complexity index is 413. The second-order valence-electron chi connectivity index (χ2n) is 4.03. The zero-order valence-electron chi connectivity index (χ0n) is 10.2. The fraction of sp³-hybridized carbons (Fsp3) is 0.636. The molecule has 1 fully saturated rings. The molecule has 0 bridgehead atoms. The zero-order valence-corrected chi connectivity index (χ0v) is 12.6. The molecule has 0 saturated carbocycles. The number of nitrogens with one attached hydrogen (secondary N) is 1. The van der Waals surface area contributed by atoms with E-state index in [0.29, 0.717) is 26.3 Å². The van der Waals surface area contributed by atoms with Gasteiger partial charge in [0.25, 0.3) is 0 Å². The van der Waals surface area contributed by atoms with Gasteiger partial charge in [-0.2, -0.15) is 0 Å². The molecule has 0 aromatic carbocycles. The Balaban J connectivity index is 2.08. The van der Waals surface area contributed by atoms with Crippen molar-refractivity contribution in [2.45, 2.75) is 19.4 Å². The lowest BCUT2D eigenvalue weighted by Gasteiger charge is -2.34. The molecule has 7 heteroatoms. The summed E-state index contributed by atoms with van der Waals surface area (Å²) in [4.78, 5) is 18.5. The van der Waals surface area contributed by atoms with Crippen LogP contribution in [0.3, 0.4) is 0 Å². The monoisotopic (exact) mass is 333 g/mol. The minimum atomic E-state index is -0.275. The van der Waals surface area contributed by atoms with Gasteiger partial charge in [-0.3, -0.25) is 4.79 Å². The van der Waals surface area contributed by atoms with Crippen LogP contribution in [0.25, 0.3) is 0 Å². The van der Waals surface area contributed by atoms with Gasteiger partial charge in [0.2, 0.25) is 5.91 Å². The molecule has 2 heterocycles. The molecule has 0 spiro atoms. The Hall–Kier alpha value is -0.660. The summed E-state index contributed by atoms with van der Waals surface area (Å²) in [6, 6.07) is -0.275. The molecule has 1 aromatic heterocycles. The van der Waals surface area contributed by atoms with Crippen molar-refractivity contribution in [3.8, 4) is 0 Å². The highest BCUT2D eigenvalue weighted by molar-refractivity contribution is 9.10. The molecule has 2 rings (SSSR count). The van der Waals surface area contributed by atoms with Crippen LogP contribution in [0, 0.1) is 0 Å². The van der Waals surface area contributed by atoms with Crippen LogP contribution in [0.2, 0.25) is 0 Å². The maximum absolute atomic E-state index is 12.1. The van der Waals surface area contributed by atoms with E-state index >= 15 is 0 Å². The third-order valence-electron chi connectivity index (χ3n) is 2.69. The highest BCUT2D eigenvalue weighted by Gasteiger charge is 2.30. The second kappa shape index (κ2) is 6.49. The standard InChI is InChI=1S/C11H16BrN3O2S/c1-2-3-13-10(16)8-6-17-5-4-15(8)11-14-9(12)7-18-11/h7-8H,2-6H2,1H3,(H,13,16). The minimum Gasteiger partial charge on any atom is -0.377 e. The Morgan fingerprint density at radius 3 is 3.28 bits per heavy atom. The highest BCUT2D eigenvalue weighted by Crippen LogP contribution is 2.26. The number of ether oxygens (including phenoxy) is 1. The summed E-state index contributed by atoms with van der Waals surface area (Å²) >= 11 is 4.87. The van der Waals surface area contributed by atoms with Crippen molar-refractivity contribution in [2.24, 2.45) is 0 Å². The SMILES string of the molecule is CCCNC(=O)C1COCCN1c1nc(Br)cs1. The Kier molecular flexibility index (Phi) is 4.96. The Morgan fingerprint density at radius 2 is 2.61 bits per heavy atom. The van der Waals surface area contributed by atoms with Crippen LogP contribution in [-0.4, -0.2) is 43.2 Å². The summed E-state index contributed by atoms with van der Waals surface area (Å²) in [6.07, 6.45) is 0.933. The van der Waals surface area contributed by atoms with Gasteiger partial charge in [0.05, 0.1) is 13.2 Å². The number of anilines is 1. The van der Waals surface area contributed by atoms with E-state index in [0.717, 1.165) is 16.2 Å². The van der Waals surface area contributed by atoms with Crippen molar-refractivity contribution in [1.82, 2.24) is 10.3 Å². The average molecular weight is 334 g/mol. The number of amides is 1. The summed E-state index contributed by atoms with van der Waals surface area (Å²) in [6.45, 7) is 4.49. The van der Waals surface area contributed by atoms with Gasteiger partial charge >= 0.3 is 0 Å². The average Bonchev–Trinajstić information content (AvgIpc) is 2.82. The quantitative estimate of drug-likeness (QED) is 0.910. The zero-order chi connectivity index (χ0) is 13.0. The lowest BCUT2D eigenvalue weighted by atomic mass is 10.2. The third-order valence-corrected chi connectivity index (χ3v) is 4.28. The molecular formula is C11H16BrN3O2S. The molecule has 1 atom stereocenters. The number of rotatable bonds is 4. The van der Waals surface area contributed by atoms with E-state index < -0.39 is 0 Å². The number of nitrogens with zero attached hydrogens (tertiary/aromatic N) is 2. The van der Waals surface area contributed by atoms with Crippen molar-refractivity contribution in [2.75, 3.05) is 31.2 Å². The van der Waals surface area contributed by atoms with Gasteiger partial charge in [-0.15, -0.1) is 11.3 Å². The maximum atomic E-state index is 12.1. The first-order valence-corrected chi connectivity index (χ1v) is 7.62. The summed E-state index contributed by atoms with van der Waals surface area (Å²) in [7, 11) is 0. The predicted molar refractivity (Wildman–Crippen MR) is 75.1 cm³/mol. The topological polar surface area (TPSA) is 54.5 Å². The maximum Gasteiger partial charge on any atom is 0.245 e. The van der Waals surface area contributed by atoms with Crippen molar-refractivity contribution in [3.05, 3.63) is 9.98 Å². The molecule has 1 aliphatic heterocycles. The van der Waals surface area contributed by atoms with Crippen molar-refractivity contribution < 1.29 is 9.53 Å². The largest absolute Gasteiger partial charge is 0.377 e. The molecule has 0 aliphatic carbocycles. The van der Waals surface area contributed by atoms with E-state index in [1.807, 2.05) is 17.2 Å². The van der Waals surface area contributed by atoms with Crippen molar-refractivity contribution >= 4 is 38.3 Å². The molecule has 1 unspecified atom stereocenters. The Morgan fingerprint density at radius 1 is 1.78 bits per heavy atom. The lowest BCUT2D eigenvalue weighted by Crippen LogP contribution is -2.54. The molecule has 1 saturated heterocycles. The van der Waals surface area contributed by atoms with Crippen LogP contribution in [-0.2, 0) is 9.53 Å². The van der Waals surface area contributed by atoms with Crippen LogP contribution in [0.4, 0.5) is 5.13 Å². The van der Waals surface area contributed by atoms with E-state index in [1.54, 1.807) is 0 Å². The summed E-state index contributed by atoms with van der Waals surface area (Å²) in [5.74, 6) is 0.0165. The first-order valence-electron chi connectivity index (χ1n) is 5.95. The highest BCUT2D eigenvalue weighted by atomic mass is 79.9. The fourth-order valence-electron chi connectivity index (χ4n) is 1.79. The smallest absolute Gasteiger partial charge is 0.245 e. The van der Waals surface area contributed by atoms with Gasteiger partial charge in [0.15, 0.2) is 5.13 Å². The number of hydrogen-bond acceptors (Lipinski definition) is 5. The van der Waals surface area contributed by atoms with Gasteiger partial charge in [-0.25, -0.2) is 4.98 Å². The first kappa shape index (κ1) is 13.8. The van der Waals surface area contributed by atoms with Crippen LogP contribution in [0.5, 0.6) is 0 Å². The number of hydrogen-bond donors (Lipinski definition) is 1. The fourth-order valence-corrected chi connectivity index (χ4v) is 3.12. The van der Waals surface area contributed by atoms with E-state index in [-0.39, 0.29) is 11.9 Å². The summed E-state index contributed by atoms with van der Waals surface area (Å²) in [5.41, 5.74) is 0. The molecular weight excluding hydrogens is 318 g/mol. The van der Waals surface area contributed by atoms with Gasteiger partial charge in [0.1, 0.15) is 10.6 Å². The number of carbonyl (C=O) groups excluding carboxylic acids is 1. The van der Waals surface area contributed by atoms with E-state index in [9.17, 15) is 4.79 Å². The van der Waals surface area contributed by atoms with Crippen molar-refractivity contribution in [3.63, 3.8) is 0 Å². The number of thiazole rings is 1.